The van der Waals surface area contributed by atoms with Crippen LogP contribution in [0.2, 0.25) is 5.02 Å². The van der Waals surface area contributed by atoms with Crippen LogP contribution in [0.5, 0.6) is 0 Å². The maximum atomic E-state index is 6.60. The highest BCUT2D eigenvalue weighted by Gasteiger charge is 2.22. The monoisotopic (exact) mass is 1500 g/mol. The Balaban J connectivity index is 0.000000119. The summed E-state index contributed by atoms with van der Waals surface area (Å²) in [5, 5.41) is 13.9. The number of H-pyrrole nitrogens is 1. The fraction of sp³-hybridized carbons (Fsp3) is 0. The number of aromatic nitrogens is 8. The number of benzene rings is 16. The molecule has 8 aromatic heterocycles. The van der Waals surface area contributed by atoms with Gasteiger partial charge < -0.3 is 27.2 Å². The van der Waals surface area contributed by atoms with Crippen molar-refractivity contribution < 1.29 is 17.7 Å². The Morgan fingerprint density at radius 1 is 0.200 bits per heavy atom. The van der Waals surface area contributed by atoms with Crippen LogP contribution >= 0.6 is 11.6 Å². The SMILES string of the molecule is Clc1ccc2c(c1)oc1cc3oc4cc(-c5nc(-c6ccccc6)nc(-c6ccccc6)n5)ccc4c3cc12.c1ccc(-c2ccc3[nH]c4ccccc4c3c2)cc1.c1ccc(-c2ccc3c(c2)c2ccccc2n3-c2ccc3c(c2)oc2cc4oc5cc(-c6nc(-c7ccccc7)nc(-c7ccccc7)n6)ccc5c4cc23)cc1. The van der Waals surface area contributed by atoms with Gasteiger partial charge in [0.2, 0.25) is 0 Å². The standard InChI is InChI=1S/C51H30N4O2.C33H18ClN3O2.C18H13N/c1-4-12-31(13-5-1)34-21-25-44-40(26-34)37-18-10-11-19-43(37)55(44)36-22-24-39-42-29-41-38-23-20-35(27-45(38)56-47(41)30-48(42)57-46(39)28-36)51-53-49(32-14-6-2-7-15-32)52-50(54-51)33-16-8-3-9-17-33;34-22-12-14-24-26-17-25-23-13-11-21(15-27(23)38-29(25)18-30(26)39-28(24)16-22)33-36-31(19-7-3-1-4-8-19)35-32(37-33)20-9-5-2-6-10-20;1-2-6-13(7-3-1)14-10-11-18-16(12-14)15-8-4-5-9-17(15)19-18/h1-30H;1-18H;1-12,19H. The number of hydrogen-bond donors (Lipinski definition) is 1. The minimum Gasteiger partial charge on any atom is -0.456 e. The molecule has 540 valence electrons. The summed E-state index contributed by atoms with van der Waals surface area (Å²) < 4.78 is 27.9. The van der Waals surface area contributed by atoms with Crippen molar-refractivity contribution in [1.29, 1.82) is 0 Å². The Morgan fingerprint density at radius 3 is 1.00 bits per heavy atom. The summed E-state index contributed by atoms with van der Waals surface area (Å²) in [5.41, 5.74) is 22.2. The fourth-order valence-corrected chi connectivity index (χ4v) is 16.2. The number of para-hydroxylation sites is 2. The highest BCUT2D eigenvalue weighted by molar-refractivity contribution is 6.31. The number of hydrogen-bond acceptors (Lipinski definition) is 10. The zero-order valence-electron chi connectivity index (χ0n) is 61.3. The van der Waals surface area contributed by atoms with Gasteiger partial charge in [-0.1, -0.05) is 254 Å². The summed E-state index contributed by atoms with van der Waals surface area (Å²) in [5.74, 6) is 3.65. The van der Waals surface area contributed by atoms with E-state index in [2.05, 4.69) is 198 Å². The molecular weight excluding hydrogens is 1440 g/mol. The summed E-state index contributed by atoms with van der Waals surface area (Å²) in [6.07, 6.45) is 0. The number of nitrogens with zero attached hydrogens (tertiary/aromatic N) is 7. The van der Waals surface area contributed by atoms with Crippen molar-refractivity contribution in [2.45, 2.75) is 0 Å². The molecule has 0 aliphatic rings. The minimum absolute atomic E-state index is 0.584. The molecule has 16 aromatic carbocycles. The Bertz CT molecular complexity index is 7800. The minimum atomic E-state index is 0.584. The molecule has 12 nitrogen and oxygen atoms in total. The Morgan fingerprint density at radius 2 is 0.530 bits per heavy atom. The average molecular weight is 1500 g/mol. The number of furan rings is 4. The average Bonchev–Trinajstić information content (AvgIpc) is 1.60. The topological polar surface area (TPSA) is 151 Å². The normalized spacial score (nSPS) is 11.7. The van der Waals surface area contributed by atoms with E-state index in [4.69, 9.17) is 59.2 Å². The van der Waals surface area contributed by atoms with E-state index >= 15 is 0 Å². The van der Waals surface area contributed by atoms with Gasteiger partial charge >= 0.3 is 0 Å². The number of fused-ring (bicyclic) bond motifs is 18. The maximum absolute atomic E-state index is 6.60. The van der Waals surface area contributed by atoms with Crippen molar-refractivity contribution in [1.82, 2.24) is 39.5 Å². The third kappa shape index (κ3) is 12.0. The van der Waals surface area contributed by atoms with Crippen molar-refractivity contribution in [3.8, 4) is 96.3 Å². The van der Waals surface area contributed by atoms with Gasteiger partial charge in [0.15, 0.2) is 34.9 Å². The molecule has 0 spiro atoms. The van der Waals surface area contributed by atoms with Crippen LogP contribution in [-0.2, 0) is 0 Å². The third-order valence-electron chi connectivity index (χ3n) is 21.6. The van der Waals surface area contributed by atoms with Crippen LogP contribution in [-0.4, -0.2) is 39.5 Å². The molecule has 0 saturated heterocycles. The van der Waals surface area contributed by atoms with Gasteiger partial charge in [0, 0.05) is 144 Å². The van der Waals surface area contributed by atoms with Crippen molar-refractivity contribution in [3.05, 3.63) is 369 Å². The first kappa shape index (κ1) is 66.6. The lowest BCUT2D eigenvalue weighted by molar-refractivity contribution is 0.655. The van der Waals surface area contributed by atoms with Crippen molar-refractivity contribution in [3.63, 3.8) is 0 Å². The smallest absolute Gasteiger partial charge is 0.164 e. The second-order valence-corrected chi connectivity index (χ2v) is 29.1. The van der Waals surface area contributed by atoms with Crippen LogP contribution in [0.1, 0.15) is 0 Å². The predicted molar refractivity (Wildman–Crippen MR) is 467 cm³/mol. The molecule has 8 heterocycles. The molecule has 0 radical (unpaired) electrons. The molecule has 24 aromatic rings. The van der Waals surface area contributed by atoms with Gasteiger partial charge in [0.25, 0.3) is 0 Å². The lowest BCUT2D eigenvalue weighted by Crippen LogP contribution is -2.00. The highest BCUT2D eigenvalue weighted by atomic mass is 35.5. The molecule has 0 bridgehead atoms. The molecule has 24 rings (SSSR count). The fourth-order valence-electron chi connectivity index (χ4n) is 16.1. The van der Waals surface area contributed by atoms with Gasteiger partial charge in [0.1, 0.15) is 44.7 Å². The van der Waals surface area contributed by atoms with Crippen LogP contribution in [0.15, 0.2) is 382 Å². The van der Waals surface area contributed by atoms with Crippen LogP contribution in [0, 0.1) is 0 Å². The van der Waals surface area contributed by atoms with E-state index < -0.39 is 0 Å². The van der Waals surface area contributed by atoms with Crippen LogP contribution in [0.25, 0.3) is 228 Å². The quantitative estimate of drug-likeness (QED) is 0.148. The van der Waals surface area contributed by atoms with Gasteiger partial charge in [-0.05, 0) is 119 Å². The number of aromatic amines is 1. The van der Waals surface area contributed by atoms with Crippen LogP contribution in [0.3, 0.4) is 0 Å². The molecule has 0 aliphatic heterocycles. The first-order valence-electron chi connectivity index (χ1n) is 38.0. The lowest BCUT2D eigenvalue weighted by Gasteiger charge is -2.08. The highest BCUT2D eigenvalue weighted by Crippen LogP contribution is 2.43. The van der Waals surface area contributed by atoms with E-state index in [-0.39, 0.29) is 0 Å². The number of rotatable bonds is 9. The van der Waals surface area contributed by atoms with E-state index in [1.54, 1.807) is 0 Å². The first-order valence-corrected chi connectivity index (χ1v) is 38.4. The summed E-state index contributed by atoms with van der Waals surface area (Å²) >= 11 is 6.17. The molecule has 0 atom stereocenters. The van der Waals surface area contributed by atoms with Gasteiger partial charge in [-0.25, -0.2) is 29.9 Å². The third-order valence-corrected chi connectivity index (χ3v) is 21.9. The Kier molecular flexibility index (Phi) is 16.0. The van der Waals surface area contributed by atoms with Gasteiger partial charge in [-0.3, -0.25) is 0 Å². The summed E-state index contributed by atoms with van der Waals surface area (Å²) in [4.78, 5) is 32.6. The second-order valence-electron chi connectivity index (χ2n) is 28.7. The van der Waals surface area contributed by atoms with Crippen LogP contribution < -0.4 is 0 Å². The van der Waals surface area contributed by atoms with E-state index in [0.29, 0.717) is 40.0 Å². The number of halogens is 1. The second kappa shape index (κ2) is 27.6. The molecule has 0 fully saturated rings. The van der Waals surface area contributed by atoms with E-state index in [1.165, 1.54) is 54.8 Å². The molecule has 0 amide bonds. The van der Waals surface area contributed by atoms with Gasteiger partial charge in [0.05, 0.1) is 11.0 Å². The molecule has 1 N–H and O–H groups in total. The Labute approximate surface area is 661 Å². The zero-order valence-corrected chi connectivity index (χ0v) is 62.0. The molecule has 115 heavy (non-hydrogen) atoms. The van der Waals surface area contributed by atoms with Crippen molar-refractivity contribution >= 4 is 143 Å². The van der Waals surface area contributed by atoms with Crippen LogP contribution in [0.4, 0.5) is 0 Å². The van der Waals surface area contributed by atoms with Gasteiger partial charge in [-0.15, -0.1) is 0 Å². The molecule has 0 aliphatic carbocycles. The first-order chi connectivity index (χ1) is 56.8. The molecule has 13 heteroatoms. The van der Waals surface area contributed by atoms with Crippen molar-refractivity contribution in [2.24, 2.45) is 0 Å². The van der Waals surface area contributed by atoms with E-state index in [1.807, 2.05) is 176 Å². The molecule has 0 saturated carbocycles. The summed E-state index contributed by atoms with van der Waals surface area (Å²) in [6.45, 7) is 0. The molecular formula is C102H61ClN8O4. The lowest BCUT2D eigenvalue weighted by atomic mass is 10.0. The molecule has 0 unspecified atom stereocenters. The zero-order chi connectivity index (χ0) is 76.0. The number of nitrogens with one attached hydrogen (secondary N) is 1. The van der Waals surface area contributed by atoms with Gasteiger partial charge in [-0.2, -0.15) is 0 Å². The summed E-state index contributed by atoms with van der Waals surface area (Å²) in [7, 11) is 0. The van der Waals surface area contributed by atoms with E-state index in [9.17, 15) is 0 Å². The summed E-state index contributed by atoms with van der Waals surface area (Å²) in [6, 6.07) is 124. The maximum Gasteiger partial charge on any atom is 0.164 e. The van der Waals surface area contributed by atoms with Crippen molar-refractivity contribution in [2.75, 3.05) is 0 Å². The predicted octanol–water partition coefficient (Wildman–Crippen LogP) is 27.7. The Hall–Kier alpha value is -15.4. The van der Waals surface area contributed by atoms with E-state index in [0.717, 1.165) is 138 Å². The largest absolute Gasteiger partial charge is 0.456 e.